The zero-order valence-electron chi connectivity index (χ0n) is 9.24. The van der Waals surface area contributed by atoms with E-state index in [2.05, 4.69) is 13.8 Å². The highest BCUT2D eigenvalue weighted by molar-refractivity contribution is 5.65. The zero-order valence-corrected chi connectivity index (χ0v) is 9.24. The van der Waals surface area contributed by atoms with Gasteiger partial charge in [-0.1, -0.05) is 13.8 Å². The van der Waals surface area contributed by atoms with Gasteiger partial charge >= 0.3 is 6.09 Å². The van der Waals surface area contributed by atoms with E-state index in [0.29, 0.717) is 5.92 Å². The van der Waals surface area contributed by atoms with Crippen LogP contribution < -0.4 is 0 Å². The molecule has 0 saturated heterocycles. The van der Waals surface area contributed by atoms with Crippen molar-refractivity contribution in [2.75, 3.05) is 0 Å². The van der Waals surface area contributed by atoms with E-state index in [1.54, 1.807) is 0 Å². The molecule has 13 heavy (non-hydrogen) atoms. The van der Waals surface area contributed by atoms with Crippen LogP contribution in [0.5, 0.6) is 0 Å². The molecule has 0 aromatic carbocycles. The highest BCUT2D eigenvalue weighted by atomic mass is 16.4. The topological polar surface area (TPSA) is 40.5 Å². The molecule has 1 amide bonds. The van der Waals surface area contributed by atoms with E-state index in [-0.39, 0.29) is 12.1 Å². The molecule has 3 nitrogen and oxygen atoms in total. The Bertz CT molecular complexity index is 166. The number of nitrogens with zero attached hydrogens (tertiary/aromatic N) is 1. The number of hydrogen-bond donors (Lipinski definition) is 1. The Hall–Kier alpha value is -0.730. The average molecular weight is 187 g/mol. The molecule has 0 fully saturated rings. The molecule has 3 heteroatoms. The summed E-state index contributed by atoms with van der Waals surface area (Å²) in [6, 6.07) is 0.170. The van der Waals surface area contributed by atoms with Crippen molar-refractivity contribution in [3.05, 3.63) is 0 Å². The zero-order chi connectivity index (χ0) is 10.6. The maximum atomic E-state index is 10.9. The van der Waals surface area contributed by atoms with Gasteiger partial charge in [0.2, 0.25) is 0 Å². The smallest absolute Gasteiger partial charge is 0.407 e. The Balaban J connectivity index is 4.28. The number of amides is 1. The summed E-state index contributed by atoms with van der Waals surface area (Å²) in [6.45, 7) is 10.00. The second-order valence-corrected chi connectivity index (χ2v) is 4.26. The van der Waals surface area contributed by atoms with E-state index in [4.69, 9.17) is 5.11 Å². The van der Waals surface area contributed by atoms with Gasteiger partial charge in [0.25, 0.3) is 0 Å². The lowest BCUT2D eigenvalue weighted by Crippen LogP contribution is -2.43. The van der Waals surface area contributed by atoms with E-state index in [1.165, 1.54) is 4.90 Å². The number of carboxylic acid groups (broad SMARTS) is 1. The molecule has 0 aliphatic heterocycles. The number of hydrogen-bond acceptors (Lipinski definition) is 1. The predicted molar refractivity (Wildman–Crippen MR) is 53.9 cm³/mol. The lowest BCUT2D eigenvalue weighted by atomic mass is 10.0. The standard InChI is InChI=1S/C10H21NO2/c1-7(2)6-9(5)11(8(3)4)10(12)13/h7-9H,6H2,1-5H3,(H,12,13). The molecule has 0 aliphatic carbocycles. The Morgan fingerprint density at radius 2 is 1.69 bits per heavy atom. The van der Waals surface area contributed by atoms with Gasteiger partial charge in [-0.05, 0) is 33.1 Å². The fourth-order valence-corrected chi connectivity index (χ4v) is 1.71. The fourth-order valence-electron chi connectivity index (χ4n) is 1.71. The summed E-state index contributed by atoms with van der Waals surface area (Å²) in [5, 5.41) is 8.95. The van der Waals surface area contributed by atoms with Gasteiger partial charge < -0.3 is 10.0 Å². The Morgan fingerprint density at radius 1 is 1.23 bits per heavy atom. The lowest BCUT2D eigenvalue weighted by Gasteiger charge is -2.31. The molecule has 0 radical (unpaired) electrons. The first-order valence-electron chi connectivity index (χ1n) is 4.87. The second-order valence-electron chi connectivity index (χ2n) is 4.26. The van der Waals surface area contributed by atoms with Gasteiger partial charge in [0.05, 0.1) is 0 Å². The number of rotatable bonds is 4. The summed E-state index contributed by atoms with van der Waals surface area (Å²) >= 11 is 0. The molecule has 0 aliphatic rings. The minimum atomic E-state index is -0.817. The molecular formula is C10H21NO2. The first-order valence-corrected chi connectivity index (χ1v) is 4.87. The van der Waals surface area contributed by atoms with E-state index in [0.717, 1.165) is 6.42 Å². The highest BCUT2D eigenvalue weighted by Crippen LogP contribution is 2.13. The third-order valence-electron chi connectivity index (χ3n) is 2.06. The molecule has 0 bridgehead atoms. The normalized spacial score (nSPS) is 13.5. The van der Waals surface area contributed by atoms with Crippen molar-refractivity contribution in [3.63, 3.8) is 0 Å². The van der Waals surface area contributed by atoms with E-state index >= 15 is 0 Å². The van der Waals surface area contributed by atoms with Gasteiger partial charge in [-0.2, -0.15) is 0 Å². The molecule has 0 aromatic rings. The summed E-state index contributed by atoms with van der Waals surface area (Å²) in [6.07, 6.45) is 0.105. The molecule has 1 unspecified atom stereocenters. The minimum absolute atomic E-state index is 0.0613. The van der Waals surface area contributed by atoms with Crippen molar-refractivity contribution in [2.45, 2.75) is 53.1 Å². The van der Waals surface area contributed by atoms with E-state index in [1.807, 2.05) is 20.8 Å². The van der Waals surface area contributed by atoms with Gasteiger partial charge in [-0.15, -0.1) is 0 Å². The summed E-state index contributed by atoms with van der Waals surface area (Å²) in [4.78, 5) is 12.4. The first kappa shape index (κ1) is 12.3. The van der Waals surface area contributed by atoms with Crippen LogP contribution in [0.1, 0.15) is 41.0 Å². The fraction of sp³-hybridized carbons (Fsp3) is 0.900. The van der Waals surface area contributed by atoms with Crippen molar-refractivity contribution < 1.29 is 9.90 Å². The van der Waals surface area contributed by atoms with E-state index in [9.17, 15) is 4.79 Å². The Labute approximate surface area is 80.7 Å². The van der Waals surface area contributed by atoms with Crippen LogP contribution in [0.15, 0.2) is 0 Å². The first-order chi connectivity index (χ1) is 5.86. The third-order valence-corrected chi connectivity index (χ3v) is 2.06. The van der Waals surface area contributed by atoms with Crippen molar-refractivity contribution in [2.24, 2.45) is 5.92 Å². The highest BCUT2D eigenvalue weighted by Gasteiger charge is 2.22. The predicted octanol–water partition coefficient (Wildman–Crippen LogP) is 2.81. The molecule has 0 saturated carbocycles. The van der Waals surface area contributed by atoms with Gasteiger partial charge in [-0.25, -0.2) is 4.79 Å². The van der Waals surface area contributed by atoms with Crippen LogP contribution in [0.4, 0.5) is 4.79 Å². The largest absolute Gasteiger partial charge is 0.465 e. The molecule has 0 spiro atoms. The molecule has 78 valence electrons. The van der Waals surface area contributed by atoms with Gasteiger partial charge in [0, 0.05) is 12.1 Å². The Kier molecular flexibility index (Phi) is 4.81. The van der Waals surface area contributed by atoms with E-state index < -0.39 is 6.09 Å². The van der Waals surface area contributed by atoms with Crippen LogP contribution in [0, 0.1) is 5.92 Å². The molecule has 0 rings (SSSR count). The SMILES string of the molecule is CC(C)CC(C)N(C(=O)O)C(C)C. The van der Waals surface area contributed by atoms with Gasteiger partial charge in [-0.3, -0.25) is 0 Å². The lowest BCUT2D eigenvalue weighted by molar-refractivity contribution is 0.105. The number of carbonyl (C=O) groups is 1. The van der Waals surface area contributed by atoms with Crippen LogP contribution in [0.2, 0.25) is 0 Å². The van der Waals surface area contributed by atoms with Gasteiger partial charge in [0.15, 0.2) is 0 Å². The molecule has 1 atom stereocenters. The van der Waals surface area contributed by atoms with Crippen LogP contribution >= 0.6 is 0 Å². The average Bonchev–Trinajstić information content (AvgIpc) is 1.81. The van der Waals surface area contributed by atoms with Crippen LogP contribution in [-0.4, -0.2) is 28.2 Å². The van der Waals surface area contributed by atoms with Crippen LogP contribution in [-0.2, 0) is 0 Å². The van der Waals surface area contributed by atoms with Crippen molar-refractivity contribution in [1.82, 2.24) is 4.90 Å². The molecule has 0 heterocycles. The summed E-state index contributed by atoms with van der Waals surface area (Å²) in [7, 11) is 0. The monoisotopic (exact) mass is 187 g/mol. The third kappa shape index (κ3) is 4.15. The second kappa shape index (κ2) is 5.10. The van der Waals surface area contributed by atoms with Crippen LogP contribution in [0.3, 0.4) is 0 Å². The molecule has 0 aromatic heterocycles. The van der Waals surface area contributed by atoms with Gasteiger partial charge in [0.1, 0.15) is 0 Å². The van der Waals surface area contributed by atoms with Crippen molar-refractivity contribution in [3.8, 4) is 0 Å². The Morgan fingerprint density at radius 3 is 1.92 bits per heavy atom. The quantitative estimate of drug-likeness (QED) is 0.735. The molecule has 1 N–H and O–H groups in total. The van der Waals surface area contributed by atoms with Crippen molar-refractivity contribution in [1.29, 1.82) is 0 Å². The summed E-state index contributed by atoms with van der Waals surface area (Å²) < 4.78 is 0. The van der Waals surface area contributed by atoms with Crippen LogP contribution in [0.25, 0.3) is 0 Å². The van der Waals surface area contributed by atoms with Crippen molar-refractivity contribution >= 4 is 6.09 Å². The maximum Gasteiger partial charge on any atom is 0.407 e. The maximum absolute atomic E-state index is 10.9. The summed E-state index contributed by atoms with van der Waals surface area (Å²) in [5.41, 5.74) is 0. The summed E-state index contributed by atoms with van der Waals surface area (Å²) in [5.74, 6) is 0.538. The molecular weight excluding hydrogens is 166 g/mol. The minimum Gasteiger partial charge on any atom is -0.465 e.